The van der Waals surface area contributed by atoms with Crippen molar-refractivity contribution in [2.45, 2.75) is 33.6 Å². The minimum absolute atomic E-state index is 0.0309. The van der Waals surface area contributed by atoms with Gasteiger partial charge in [-0.2, -0.15) is 0 Å². The molecule has 136 valence electrons. The van der Waals surface area contributed by atoms with Gasteiger partial charge in [-0.1, -0.05) is 6.92 Å². The number of carbonyl (C=O) groups excluding carboxylic acids is 1. The van der Waals surface area contributed by atoms with Crippen molar-refractivity contribution in [1.82, 2.24) is 19.3 Å². The van der Waals surface area contributed by atoms with Gasteiger partial charge in [0.1, 0.15) is 5.69 Å². The maximum Gasteiger partial charge on any atom is 0.272 e. The lowest BCUT2D eigenvalue weighted by molar-refractivity contribution is 0.0758. The third-order valence-electron chi connectivity index (χ3n) is 4.51. The zero-order valence-corrected chi connectivity index (χ0v) is 17.0. The van der Waals surface area contributed by atoms with Crippen LogP contribution >= 0.6 is 15.9 Å². The Morgan fingerprint density at radius 2 is 2.00 bits per heavy atom. The van der Waals surface area contributed by atoms with Crippen LogP contribution in [-0.4, -0.2) is 38.3 Å². The summed E-state index contributed by atoms with van der Waals surface area (Å²) in [5.41, 5.74) is 4.56. The Hall–Kier alpha value is -2.21. The van der Waals surface area contributed by atoms with Gasteiger partial charge < -0.3 is 4.90 Å². The minimum Gasteiger partial charge on any atom is -0.337 e. The molecule has 26 heavy (non-hydrogen) atoms. The Morgan fingerprint density at radius 3 is 2.65 bits per heavy atom. The largest absolute Gasteiger partial charge is 0.337 e. The van der Waals surface area contributed by atoms with E-state index >= 15 is 0 Å². The molecule has 0 fully saturated rings. The van der Waals surface area contributed by atoms with E-state index in [1.165, 1.54) is 5.56 Å². The van der Waals surface area contributed by atoms with Crippen LogP contribution in [0.4, 0.5) is 0 Å². The lowest BCUT2D eigenvalue weighted by Gasteiger charge is -2.21. The molecule has 0 radical (unpaired) electrons. The third-order valence-corrected chi connectivity index (χ3v) is 5.09. The van der Waals surface area contributed by atoms with Gasteiger partial charge in [0.15, 0.2) is 5.65 Å². The number of aromatic nitrogens is 3. The van der Waals surface area contributed by atoms with Gasteiger partial charge in [-0.3, -0.25) is 14.2 Å². The fraction of sp³-hybridized carbons (Fsp3) is 0.350. The Balaban J connectivity index is 1.94. The zero-order valence-electron chi connectivity index (χ0n) is 15.4. The van der Waals surface area contributed by atoms with Crippen LogP contribution in [0.5, 0.6) is 0 Å². The molecule has 0 spiro atoms. The van der Waals surface area contributed by atoms with Crippen molar-refractivity contribution in [3.8, 4) is 0 Å². The molecule has 0 N–H and O–H groups in total. The number of imidazole rings is 1. The van der Waals surface area contributed by atoms with Crippen molar-refractivity contribution in [3.63, 3.8) is 0 Å². The number of pyridine rings is 2. The van der Waals surface area contributed by atoms with Crippen LogP contribution in [0.2, 0.25) is 0 Å². The van der Waals surface area contributed by atoms with Crippen LogP contribution in [-0.2, 0) is 12.8 Å². The van der Waals surface area contributed by atoms with Crippen LogP contribution in [0, 0.1) is 6.92 Å². The summed E-state index contributed by atoms with van der Waals surface area (Å²) in [4.78, 5) is 23.9. The molecule has 0 bridgehead atoms. The van der Waals surface area contributed by atoms with E-state index in [0.717, 1.165) is 34.2 Å². The molecule has 5 nitrogen and oxygen atoms in total. The highest BCUT2D eigenvalue weighted by Gasteiger charge is 2.23. The first-order valence-corrected chi connectivity index (χ1v) is 9.69. The van der Waals surface area contributed by atoms with E-state index in [2.05, 4.69) is 25.9 Å². The lowest BCUT2D eigenvalue weighted by Crippen LogP contribution is -2.34. The highest BCUT2D eigenvalue weighted by atomic mass is 79.9. The summed E-state index contributed by atoms with van der Waals surface area (Å²) in [6, 6.07) is 6.01. The van der Waals surface area contributed by atoms with Crippen LogP contribution in [0.25, 0.3) is 5.65 Å². The summed E-state index contributed by atoms with van der Waals surface area (Å²) in [7, 11) is 0. The second kappa shape index (κ2) is 7.99. The summed E-state index contributed by atoms with van der Waals surface area (Å²) in [6.07, 6.45) is 7.08. The first kappa shape index (κ1) is 18.6. The molecule has 0 unspecified atom stereocenters. The van der Waals surface area contributed by atoms with Gasteiger partial charge in [-0.15, -0.1) is 0 Å². The number of amides is 1. The van der Waals surface area contributed by atoms with E-state index in [1.54, 1.807) is 12.4 Å². The fourth-order valence-electron chi connectivity index (χ4n) is 3.12. The fourth-order valence-corrected chi connectivity index (χ4v) is 3.76. The molecular weight excluding hydrogens is 392 g/mol. The van der Waals surface area contributed by atoms with Gasteiger partial charge in [0.25, 0.3) is 5.91 Å². The average Bonchev–Trinajstić information content (AvgIpc) is 3.01. The number of halogens is 1. The highest BCUT2D eigenvalue weighted by Crippen LogP contribution is 2.24. The summed E-state index contributed by atoms with van der Waals surface area (Å²) in [5, 5.41) is 0. The molecule has 1 amide bonds. The van der Waals surface area contributed by atoms with Crippen LogP contribution in [0.1, 0.15) is 41.2 Å². The number of fused-ring (bicyclic) bond motifs is 1. The van der Waals surface area contributed by atoms with Gasteiger partial charge in [0.05, 0.1) is 10.2 Å². The van der Waals surface area contributed by atoms with Crippen molar-refractivity contribution < 1.29 is 4.79 Å². The third kappa shape index (κ3) is 3.65. The van der Waals surface area contributed by atoms with E-state index in [9.17, 15) is 4.79 Å². The quantitative estimate of drug-likeness (QED) is 0.610. The molecule has 0 aliphatic carbocycles. The predicted molar refractivity (Wildman–Crippen MR) is 107 cm³/mol. The molecule has 0 aromatic carbocycles. The van der Waals surface area contributed by atoms with Crippen LogP contribution < -0.4 is 0 Å². The van der Waals surface area contributed by atoms with E-state index in [4.69, 9.17) is 0 Å². The summed E-state index contributed by atoms with van der Waals surface area (Å²) in [6.45, 7) is 7.40. The second-order valence-electron chi connectivity index (χ2n) is 6.31. The maximum absolute atomic E-state index is 13.3. The normalized spacial score (nSPS) is 11.1. The minimum atomic E-state index is 0.0309. The lowest BCUT2D eigenvalue weighted by atomic mass is 10.1. The summed E-state index contributed by atoms with van der Waals surface area (Å²) < 4.78 is 2.83. The van der Waals surface area contributed by atoms with Crippen molar-refractivity contribution >= 4 is 27.5 Å². The monoisotopic (exact) mass is 414 g/mol. The summed E-state index contributed by atoms with van der Waals surface area (Å²) in [5.74, 6) is 0.0309. The van der Waals surface area contributed by atoms with Gasteiger partial charge in [0.2, 0.25) is 0 Å². The molecule has 3 rings (SSSR count). The average molecular weight is 415 g/mol. The molecule has 0 aliphatic rings. The van der Waals surface area contributed by atoms with Crippen LogP contribution in [0.15, 0.2) is 41.3 Å². The smallest absolute Gasteiger partial charge is 0.272 e. The Labute approximate surface area is 162 Å². The van der Waals surface area contributed by atoms with Crippen LogP contribution in [0.3, 0.4) is 0 Å². The molecular formula is C20H23BrN4O. The Kier molecular flexibility index (Phi) is 5.71. The predicted octanol–water partition coefficient (Wildman–Crippen LogP) is 4.07. The van der Waals surface area contributed by atoms with Gasteiger partial charge in [0, 0.05) is 31.7 Å². The number of rotatable bonds is 6. The number of carbonyl (C=O) groups is 1. The molecule has 3 aromatic rings. The van der Waals surface area contributed by atoms with E-state index in [-0.39, 0.29) is 5.91 Å². The Morgan fingerprint density at radius 1 is 1.27 bits per heavy atom. The number of nitrogens with zero attached hydrogens (tertiary/aromatic N) is 4. The maximum atomic E-state index is 13.3. The number of hydrogen-bond donors (Lipinski definition) is 0. The zero-order chi connectivity index (χ0) is 18.7. The highest BCUT2D eigenvalue weighted by molar-refractivity contribution is 9.10. The SMILES string of the molecule is CCc1nc2c(Br)cc(C)cn2c1C(=O)N(CC)CCc1ccncc1. The van der Waals surface area contributed by atoms with Gasteiger partial charge in [-0.05, 0) is 71.9 Å². The van der Waals surface area contributed by atoms with Crippen molar-refractivity contribution in [1.29, 1.82) is 0 Å². The first-order chi connectivity index (χ1) is 12.5. The molecule has 0 saturated carbocycles. The number of likely N-dealkylation sites (N-methyl/N-ethyl adjacent to an activating group) is 1. The standard InChI is InChI=1S/C20H23BrN4O/c1-4-17-18(25-13-14(3)12-16(21)19(25)23-17)20(26)24(5-2)11-8-15-6-9-22-10-7-15/h6-7,9-10,12-13H,4-5,8,11H2,1-3H3. The molecule has 3 heterocycles. The van der Waals surface area contributed by atoms with E-state index < -0.39 is 0 Å². The first-order valence-electron chi connectivity index (χ1n) is 8.90. The second-order valence-corrected chi connectivity index (χ2v) is 7.16. The molecule has 0 aliphatic heterocycles. The van der Waals surface area contributed by atoms with Gasteiger partial charge >= 0.3 is 0 Å². The molecule has 6 heteroatoms. The van der Waals surface area contributed by atoms with Crippen molar-refractivity contribution in [3.05, 3.63) is 63.8 Å². The Bertz CT molecular complexity index is 920. The molecule has 0 saturated heterocycles. The van der Waals surface area contributed by atoms with E-state index in [0.29, 0.717) is 18.8 Å². The van der Waals surface area contributed by atoms with E-state index in [1.807, 2.05) is 54.5 Å². The molecule has 0 atom stereocenters. The molecule has 3 aromatic heterocycles. The van der Waals surface area contributed by atoms with Crippen molar-refractivity contribution in [2.24, 2.45) is 0 Å². The summed E-state index contributed by atoms with van der Waals surface area (Å²) >= 11 is 3.57. The topological polar surface area (TPSA) is 50.5 Å². The van der Waals surface area contributed by atoms with Gasteiger partial charge in [-0.25, -0.2) is 4.98 Å². The number of aryl methyl sites for hydroxylation is 2. The number of hydrogen-bond acceptors (Lipinski definition) is 3. The van der Waals surface area contributed by atoms with Crippen molar-refractivity contribution in [2.75, 3.05) is 13.1 Å².